The molecule has 3 nitrogen and oxygen atoms in total. The number of pyridine rings is 1. The first-order chi connectivity index (χ1) is 16.3. The molecule has 0 amide bonds. The molecule has 0 saturated carbocycles. The van der Waals surface area contributed by atoms with Crippen LogP contribution < -0.4 is 0 Å². The van der Waals surface area contributed by atoms with E-state index in [1.807, 2.05) is 20.0 Å². The molecule has 0 spiro atoms. The van der Waals surface area contributed by atoms with Gasteiger partial charge in [0.15, 0.2) is 5.82 Å². The van der Waals surface area contributed by atoms with Crippen molar-refractivity contribution in [3.63, 3.8) is 0 Å². The van der Waals surface area contributed by atoms with E-state index in [9.17, 15) is 0 Å². The van der Waals surface area contributed by atoms with Crippen LogP contribution >= 0.6 is 0 Å². The highest BCUT2D eigenvalue weighted by atomic mass is 19.1. The maximum atomic E-state index is 15.3. The summed E-state index contributed by atoms with van der Waals surface area (Å²) in [5.41, 5.74) is 8.41. The third-order valence-corrected chi connectivity index (χ3v) is 7.04. The lowest BCUT2D eigenvalue weighted by Crippen LogP contribution is -2.10. The fourth-order valence-corrected chi connectivity index (χ4v) is 5.23. The van der Waals surface area contributed by atoms with Gasteiger partial charge in [-0.15, -0.1) is 0 Å². The number of aryl methyl sites for hydroxylation is 2. The molecule has 0 radical (unpaired) electrons. The smallest absolute Gasteiger partial charge is 0.151 e. The molecule has 4 rings (SSSR count). The van der Waals surface area contributed by atoms with E-state index in [4.69, 9.17) is 0 Å². The topological polar surface area (TPSA) is 30.7 Å². The van der Waals surface area contributed by atoms with Crippen molar-refractivity contribution in [1.82, 2.24) is 14.5 Å². The number of allylic oxidation sites excluding steroid dienone is 4. The summed E-state index contributed by atoms with van der Waals surface area (Å²) in [6.07, 6.45) is 12.8. The van der Waals surface area contributed by atoms with Gasteiger partial charge in [-0.2, -0.15) is 0 Å². The third kappa shape index (κ3) is 4.51. The molecule has 3 aromatic rings. The van der Waals surface area contributed by atoms with Crippen LogP contribution in [0.3, 0.4) is 0 Å². The lowest BCUT2D eigenvalue weighted by molar-refractivity contribution is 0.428. The van der Waals surface area contributed by atoms with E-state index in [1.165, 1.54) is 11.1 Å². The number of halogens is 1. The van der Waals surface area contributed by atoms with Crippen molar-refractivity contribution >= 4 is 22.2 Å². The number of rotatable bonds is 8. The molecule has 0 saturated heterocycles. The van der Waals surface area contributed by atoms with Crippen molar-refractivity contribution in [2.45, 2.75) is 79.2 Å². The van der Waals surface area contributed by atoms with Gasteiger partial charge < -0.3 is 4.57 Å². The van der Waals surface area contributed by atoms with E-state index in [1.54, 1.807) is 6.07 Å². The lowest BCUT2D eigenvalue weighted by Gasteiger charge is -2.20. The van der Waals surface area contributed by atoms with Crippen molar-refractivity contribution in [1.29, 1.82) is 0 Å². The fraction of sp³-hybridized carbons (Fsp3) is 0.400. The second-order valence-corrected chi connectivity index (χ2v) is 9.56. The summed E-state index contributed by atoms with van der Waals surface area (Å²) in [4.78, 5) is 9.28. The summed E-state index contributed by atoms with van der Waals surface area (Å²) in [6, 6.07) is 6.12. The second kappa shape index (κ2) is 10.1. The van der Waals surface area contributed by atoms with Gasteiger partial charge in [-0.05, 0) is 81.4 Å². The molecule has 34 heavy (non-hydrogen) atoms. The highest BCUT2D eigenvalue weighted by Gasteiger charge is 2.20. The maximum absolute atomic E-state index is 15.3. The summed E-state index contributed by atoms with van der Waals surface area (Å²) in [5, 5.41) is 0. The van der Waals surface area contributed by atoms with Gasteiger partial charge in [0.25, 0.3) is 0 Å². The fourth-order valence-electron chi connectivity index (χ4n) is 5.23. The van der Waals surface area contributed by atoms with Crippen LogP contribution in [-0.2, 0) is 0 Å². The number of benzene rings is 1. The minimum atomic E-state index is -0.294. The largest absolute Gasteiger partial charge is 0.325 e. The summed E-state index contributed by atoms with van der Waals surface area (Å²) < 4.78 is 17.6. The number of fused-ring (bicyclic) bond motifs is 1. The molecule has 0 aliphatic heterocycles. The van der Waals surface area contributed by atoms with Crippen molar-refractivity contribution in [3.05, 3.63) is 82.7 Å². The van der Waals surface area contributed by atoms with E-state index in [0.29, 0.717) is 11.6 Å². The Balaban J connectivity index is 1.81. The first kappa shape index (κ1) is 24.1. The van der Waals surface area contributed by atoms with Gasteiger partial charge in [0.05, 0.1) is 5.52 Å². The molecule has 1 aliphatic rings. The van der Waals surface area contributed by atoms with Crippen molar-refractivity contribution in [2.75, 3.05) is 0 Å². The second-order valence-electron chi connectivity index (χ2n) is 9.56. The molecule has 0 fully saturated rings. The molecule has 0 bridgehead atoms. The Labute approximate surface area is 203 Å². The monoisotopic (exact) mass is 457 g/mol. The van der Waals surface area contributed by atoms with Crippen LogP contribution in [0, 0.1) is 19.7 Å². The van der Waals surface area contributed by atoms with E-state index in [2.05, 4.69) is 66.2 Å². The Morgan fingerprint density at radius 2 is 1.85 bits per heavy atom. The molecule has 2 heterocycles. The zero-order chi connectivity index (χ0) is 24.4. The predicted molar refractivity (Wildman–Crippen MR) is 141 cm³/mol. The Kier molecular flexibility index (Phi) is 7.16. The quantitative estimate of drug-likeness (QED) is 0.339. The number of hydrogen-bond donors (Lipinski definition) is 0. The molecule has 1 aliphatic carbocycles. The highest BCUT2D eigenvalue weighted by molar-refractivity contribution is 5.88. The van der Waals surface area contributed by atoms with Crippen molar-refractivity contribution in [2.24, 2.45) is 0 Å². The number of nitrogens with zero attached hydrogens (tertiary/aromatic N) is 3. The number of aromatic nitrogens is 3. The Bertz CT molecular complexity index is 1290. The van der Waals surface area contributed by atoms with Crippen molar-refractivity contribution < 1.29 is 4.39 Å². The standard InChI is InChI=1S/C30H36FN3/c1-7-11-25(12-8-2)34-22(6)33-30-28(31)16-23(17-29(30)34)20(4)27-15-24(18-32-21(27)5)26-14-10-9-13-19(26)3/h10,14-18,25H,4,7-9,11-13H2,1-3,5-6H3. The van der Waals surface area contributed by atoms with Gasteiger partial charge in [0.1, 0.15) is 11.3 Å². The highest BCUT2D eigenvalue weighted by Crippen LogP contribution is 2.34. The SMILES string of the molecule is C=C(c1cc(F)c2nc(C)n(C(CCC)CCC)c2c1)c1cc(C2=C(C)CCC=C2)cnc1C. The van der Waals surface area contributed by atoms with Crippen LogP contribution in [0.2, 0.25) is 0 Å². The maximum Gasteiger partial charge on any atom is 0.151 e. The summed E-state index contributed by atoms with van der Waals surface area (Å²) in [6.45, 7) is 15.0. The van der Waals surface area contributed by atoms with Gasteiger partial charge in [-0.25, -0.2) is 9.37 Å². The van der Waals surface area contributed by atoms with Crippen LogP contribution in [0.25, 0.3) is 22.2 Å². The first-order valence-electron chi connectivity index (χ1n) is 12.6. The minimum absolute atomic E-state index is 0.294. The van der Waals surface area contributed by atoms with Gasteiger partial charge in [0, 0.05) is 29.1 Å². The average Bonchev–Trinajstić information content (AvgIpc) is 3.15. The zero-order valence-electron chi connectivity index (χ0n) is 21.2. The van der Waals surface area contributed by atoms with E-state index >= 15 is 4.39 Å². The van der Waals surface area contributed by atoms with Gasteiger partial charge in [0.2, 0.25) is 0 Å². The molecular formula is C30H36FN3. The van der Waals surface area contributed by atoms with E-state index in [-0.39, 0.29) is 5.82 Å². The number of imidazole rings is 1. The molecule has 1 aromatic carbocycles. The van der Waals surface area contributed by atoms with Crippen LogP contribution in [0.1, 0.15) is 93.5 Å². The van der Waals surface area contributed by atoms with Crippen LogP contribution in [0.5, 0.6) is 0 Å². The van der Waals surface area contributed by atoms with Crippen LogP contribution in [0.4, 0.5) is 4.39 Å². The van der Waals surface area contributed by atoms with Crippen molar-refractivity contribution in [3.8, 4) is 0 Å². The molecule has 0 atom stereocenters. The van der Waals surface area contributed by atoms with E-state index in [0.717, 1.165) is 77.8 Å². The first-order valence-corrected chi connectivity index (χ1v) is 12.6. The number of hydrogen-bond acceptors (Lipinski definition) is 2. The minimum Gasteiger partial charge on any atom is -0.325 e. The molecule has 0 N–H and O–H groups in total. The Hall–Kier alpha value is -3.01. The molecule has 178 valence electrons. The molecule has 0 unspecified atom stereocenters. The van der Waals surface area contributed by atoms with E-state index < -0.39 is 0 Å². The Morgan fingerprint density at radius 1 is 1.12 bits per heavy atom. The van der Waals surface area contributed by atoms with Crippen LogP contribution in [0.15, 0.2) is 48.7 Å². The summed E-state index contributed by atoms with van der Waals surface area (Å²) in [7, 11) is 0. The summed E-state index contributed by atoms with van der Waals surface area (Å²) in [5.74, 6) is 0.577. The molecule has 2 aromatic heterocycles. The lowest BCUT2D eigenvalue weighted by atomic mass is 9.91. The zero-order valence-corrected chi connectivity index (χ0v) is 21.2. The van der Waals surface area contributed by atoms with Gasteiger partial charge >= 0.3 is 0 Å². The molecule has 4 heteroatoms. The molecular weight excluding hydrogens is 421 g/mol. The normalized spacial score (nSPS) is 14.0. The van der Waals surface area contributed by atoms with Gasteiger partial charge in [-0.1, -0.05) is 51.0 Å². The average molecular weight is 458 g/mol. The predicted octanol–water partition coefficient (Wildman–Crippen LogP) is 8.51. The third-order valence-electron chi connectivity index (χ3n) is 7.04. The Morgan fingerprint density at radius 3 is 2.53 bits per heavy atom. The van der Waals surface area contributed by atoms with Crippen LogP contribution in [-0.4, -0.2) is 14.5 Å². The van der Waals surface area contributed by atoms with Gasteiger partial charge in [-0.3, -0.25) is 4.98 Å². The summed E-state index contributed by atoms with van der Waals surface area (Å²) >= 11 is 0.